The fraction of sp³-hybridized carbons (Fsp3) is 0.385. The van der Waals surface area contributed by atoms with Gasteiger partial charge in [-0.15, -0.1) is 6.42 Å². The van der Waals surface area contributed by atoms with Gasteiger partial charge >= 0.3 is 0 Å². The second kappa shape index (κ2) is 4.15. The van der Waals surface area contributed by atoms with Gasteiger partial charge < -0.3 is 10.0 Å². The summed E-state index contributed by atoms with van der Waals surface area (Å²) in [4.78, 5) is 2.04. The van der Waals surface area contributed by atoms with Crippen molar-refractivity contribution in [3.63, 3.8) is 0 Å². The van der Waals surface area contributed by atoms with Gasteiger partial charge in [-0.05, 0) is 18.2 Å². The third-order valence-corrected chi connectivity index (χ3v) is 3.03. The summed E-state index contributed by atoms with van der Waals surface area (Å²) < 4.78 is 13.0. The molecule has 0 radical (unpaired) electrons. The largest absolute Gasteiger partial charge is 0.377 e. The maximum absolute atomic E-state index is 13.0. The lowest BCUT2D eigenvalue weighted by molar-refractivity contribution is 0.0748. The highest BCUT2D eigenvalue weighted by atomic mass is 19.1. The van der Waals surface area contributed by atoms with Crippen LogP contribution in [-0.2, 0) is 0 Å². The van der Waals surface area contributed by atoms with Crippen molar-refractivity contribution >= 4 is 5.69 Å². The summed E-state index contributed by atoms with van der Waals surface area (Å²) in [6, 6.07) is 6.47. The lowest BCUT2D eigenvalue weighted by atomic mass is 9.92. The van der Waals surface area contributed by atoms with E-state index in [1.54, 1.807) is 6.07 Å². The van der Waals surface area contributed by atoms with Gasteiger partial charge in [0.25, 0.3) is 0 Å². The number of hydrogen-bond acceptors (Lipinski definition) is 2. The molecule has 16 heavy (non-hydrogen) atoms. The number of rotatable bonds is 1. The molecule has 1 saturated heterocycles. The summed E-state index contributed by atoms with van der Waals surface area (Å²) in [7, 11) is 0. The number of halogens is 1. The number of hydrogen-bond donors (Lipinski definition) is 1. The average molecular weight is 219 g/mol. The van der Waals surface area contributed by atoms with Crippen molar-refractivity contribution in [2.75, 3.05) is 18.0 Å². The molecule has 0 unspecified atom stereocenters. The van der Waals surface area contributed by atoms with Crippen molar-refractivity contribution < 1.29 is 9.50 Å². The van der Waals surface area contributed by atoms with E-state index in [2.05, 4.69) is 5.92 Å². The zero-order valence-electron chi connectivity index (χ0n) is 8.99. The van der Waals surface area contributed by atoms with E-state index < -0.39 is 5.60 Å². The first-order valence-corrected chi connectivity index (χ1v) is 5.34. The monoisotopic (exact) mass is 219 g/mol. The van der Waals surface area contributed by atoms with Gasteiger partial charge in [0.1, 0.15) is 11.4 Å². The van der Waals surface area contributed by atoms with Crippen LogP contribution in [0.1, 0.15) is 12.8 Å². The second-order valence-electron chi connectivity index (χ2n) is 4.14. The summed E-state index contributed by atoms with van der Waals surface area (Å²) in [5.74, 6) is 2.18. The minimum atomic E-state index is -0.982. The van der Waals surface area contributed by atoms with Crippen LogP contribution in [0.5, 0.6) is 0 Å². The van der Waals surface area contributed by atoms with Crippen molar-refractivity contribution in [3.05, 3.63) is 30.1 Å². The van der Waals surface area contributed by atoms with Crippen molar-refractivity contribution in [2.45, 2.75) is 18.4 Å². The molecule has 0 aliphatic carbocycles. The van der Waals surface area contributed by atoms with Gasteiger partial charge in [0, 0.05) is 31.6 Å². The van der Waals surface area contributed by atoms with Gasteiger partial charge in [-0.3, -0.25) is 0 Å². The molecule has 0 bridgehead atoms. The lowest BCUT2D eigenvalue weighted by Crippen LogP contribution is -2.43. The Hall–Kier alpha value is -1.53. The highest BCUT2D eigenvalue weighted by Gasteiger charge is 2.30. The van der Waals surface area contributed by atoms with E-state index in [4.69, 9.17) is 6.42 Å². The summed E-state index contributed by atoms with van der Waals surface area (Å²) in [6.07, 6.45) is 6.32. The molecule has 1 aromatic carbocycles. The van der Waals surface area contributed by atoms with E-state index >= 15 is 0 Å². The van der Waals surface area contributed by atoms with Gasteiger partial charge in [-0.25, -0.2) is 4.39 Å². The molecule has 1 N–H and O–H groups in total. The van der Waals surface area contributed by atoms with Gasteiger partial charge in [0.2, 0.25) is 0 Å². The van der Waals surface area contributed by atoms with Crippen molar-refractivity contribution in [2.24, 2.45) is 0 Å². The number of aliphatic hydroxyl groups is 1. The van der Waals surface area contributed by atoms with E-state index in [-0.39, 0.29) is 5.82 Å². The Balaban J connectivity index is 2.08. The van der Waals surface area contributed by atoms with Crippen LogP contribution in [0.15, 0.2) is 24.3 Å². The first kappa shape index (κ1) is 11.0. The molecule has 0 aromatic heterocycles. The molecule has 1 aliphatic rings. The summed E-state index contributed by atoms with van der Waals surface area (Å²) >= 11 is 0. The fourth-order valence-electron chi connectivity index (χ4n) is 1.95. The highest BCUT2D eigenvalue weighted by molar-refractivity contribution is 5.47. The number of anilines is 1. The Morgan fingerprint density at radius 1 is 1.38 bits per heavy atom. The van der Waals surface area contributed by atoms with Gasteiger partial charge in [0.05, 0.1) is 0 Å². The van der Waals surface area contributed by atoms with Crippen molar-refractivity contribution in [1.82, 2.24) is 0 Å². The maximum Gasteiger partial charge on any atom is 0.128 e. The molecule has 3 heteroatoms. The summed E-state index contributed by atoms with van der Waals surface area (Å²) in [5, 5.41) is 9.86. The Labute approximate surface area is 94.7 Å². The first-order valence-electron chi connectivity index (χ1n) is 5.34. The van der Waals surface area contributed by atoms with E-state index in [0.717, 1.165) is 5.69 Å². The zero-order valence-corrected chi connectivity index (χ0v) is 8.99. The van der Waals surface area contributed by atoms with Crippen molar-refractivity contribution in [3.8, 4) is 12.3 Å². The second-order valence-corrected chi connectivity index (χ2v) is 4.14. The average Bonchev–Trinajstić information content (AvgIpc) is 2.30. The van der Waals surface area contributed by atoms with Crippen LogP contribution in [0.3, 0.4) is 0 Å². The van der Waals surface area contributed by atoms with Crippen LogP contribution in [0.2, 0.25) is 0 Å². The Morgan fingerprint density at radius 3 is 2.62 bits per heavy atom. The quantitative estimate of drug-likeness (QED) is 0.728. The van der Waals surface area contributed by atoms with Crippen LogP contribution >= 0.6 is 0 Å². The normalized spacial score (nSPS) is 19.2. The fourth-order valence-corrected chi connectivity index (χ4v) is 1.95. The van der Waals surface area contributed by atoms with Crippen LogP contribution in [0, 0.1) is 18.2 Å². The van der Waals surface area contributed by atoms with Gasteiger partial charge in [-0.1, -0.05) is 12.0 Å². The topological polar surface area (TPSA) is 23.5 Å². The van der Waals surface area contributed by atoms with E-state index in [1.807, 2.05) is 11.0 Å². The molecule has 2 rings (SSSR count). The minimum Gasteiger partial charge on any atom is -0.377 e. The Kier molecular flexibility index (Phi) is 2.84. The molecule has 1 heterocycles. The third kappa shape index (κ3) is 2.17. The molecule has 0 amide bonds. The molecule has 1 aliphatic heterocycles. The predicted molar refractivity (Wildman–Crippen MR) is 61.6 cm³/mol. The van der Waals surface area contributed by atoms with Crippen LogP contribution in [-0.4, -0.2) is 23.8 Å². The zero-order chi connectivity index (χ0) is 11.6. The molecule has 0 spiro atoms. The van der Waals surface area contributed by atoms with Crippen LogP contribution in [0.25, 0.3) is 0 Å². The summed E-state index contributed by atoms with van der Waals surface area (Å²) in [5.41, 5.74) is -0.136. The lowest BCUT2D eigenvalue weighted by Gasteiger charge is -2.36. The molecule has 2 nitrogen and oxygen atoms in total. The number of benzene rings is 1. The molecule has 84 valence electrons. The van der Waals surface area contributed by atoms with Crippen molar-refractivity contribution in [1.29, 1.82) is 0 Å². The summed E-state index contributed by atoms with van der Waals surface area (Å²) in [6.45, 7) is 1.31. The molecule has 0 atom stereocenters. The Morgan fingerprint density at radius 2 is 2.06 bits per heavy atom. The van der Waals surface area contributed by atoms with E-state index in [0.29, 0.717) is 25.9 Å². The van der Waals surface area contributed by atoms with Crippen LogP contribution < -0.4 is 4.90 Å². The Bertz CT molecular complexity index is 416. The van der Waals surface area contributed by atoms with E-state index in [1.165, 1.54) is 12.1 Å². The smallest absolute Gasteiger partial charge is 0.128 e. The maximum atomic E-state index is 13.0. The molecular formula is C13H14FNO. The third-order valence-electron chi connectivity index (χ3n) is 3.03. The minimum absolute atomic E-state index is 0.240. The van der Waals surface area contributed by atoms with Gasteiger partial charge in [0.15, 0.2) is 0 Å². The molecule has 0 saturated carbocycles. The first-order chi connectivity index (χ1) is 7.63. The number of nitrogens with zero attached hydrogens (tertiary/aromatic N) is 1. The standard InChI is InChI=1S/C13H14FNO/c1-2-13(16)6-8-15(9-7-13)12-5-3-4-11(14)10-12/h1,3-5,10,16H,6-9H2. The molecule has 1 aromatic rings. The highest BCUT2D eigenvalue weighted by Crippen LogP contribution is 2.25. The number of piperidine rings is 1. The SMILES string of the molecule is C#CC1(O)CCN(c2cccc(F)c2)CC1. The van der Waals surface area contributed by atoms with Crippen LogP contribution in [0.4, 0.5) is 10.1 Å². The molecule has 1 fully saturated rings. The number of terminal acetylenes is 1. The van der Waals surface area contributed by atoms with E-state index in [9.17, 15) is 9.50 Å². The van der Waals surface area contributed by atoms with Gasteiger partial charge in [-0.2, -0.15) is 0 Å². The predicted octanol–water partition coefficient (Wildman–Crippen LogP) is 1.79. The molecular weight excluding hydrogens is 205 g/mol.